The van der Waals surface area contributed by atoms with E-state index >= 15 is 0 Å². The molecular formula is C21H16BrN3O4. The van der Waals surface area contributed by atoms with Gasteiger partial charge in [0.25, 0.3) is 11.6 Å². The van der Waals surface area contributed by atoms with E-state index in [1.54, 1.807) is 30.3 Å². The van der Waals surface area contributed by atoms with Gasteiger partial charge in [0.15, 0.2) is 0 Å². The third-order valence-corrected chi connectivity index (χ3v) is 4.40. The number of nitrogens with one attached hydrogen (secondary N) is 1. The molecule has 0 aliphatic carbocycles. The van der Waals surface area contributed by atoms with E-state index in [2.05, 4.69) is 26.5 Å². The van der Waals surface area contributed by atoms with Gasteiger partial charge in [0.05, 0.1) is 16.7 Å². The van der Waals surface area contributed by atoms with Crippen molar-refractivity contribution in [1.29, 1.82) is 0 Å². The second-order valence-corrected chi connectivity index (χ2v) is 6.88. The summed E-state index contributed by atoms with van der Waals surface area (Å²) in [6, 6.07) is 20.6. The lowest BCUT2D eigenvalue weighted by molar-refractivity contribution is -0.384. The van der Waals surface area contributed by atoms with Crippen molar-refractivity contribution in [3.63, 3.8) is 0 Å². The average molecular weight is 454 g/mol. The Labute approximate surface area is 175 Å². The van der Waals surface area contributed by atoms with Crippen molar-refractivity contribution in [2.75, 3.05) is 0 Å². The number of nitro benzene ring substituents is 1. The molecule has 0 radical (unpaired) electrons. The molecule has 0 spiro atoms. The largest absolute Gasteiger partial charge is 0.488 e. The first kappa shape index (κ1) is 20.2. The van der Waals surface area contributed by atoms with Crippen LogP contribution in [0.25, 0.3) is 0 Å². The van der Waals surface area contributed by atoms with Crippen molar-refractivity contribution in [1.82, 2.24) is 5.43 Å². The summed E-state index contributed by atoms with van der Waals surface area (Å²) in [7, 11) is 0. The number of hydrogen-bond acceptors (Lipinski definition) is 5. The zero-order valence-electron chi connectivity index (χ0n) is 15.1. The Morgan fingerprint density at radius 3 is 2.52 bits per heavy atom. The Balaban J connectivity index is 1.67. The van der Waals surface area contributed by atoms with Gasteiger partial charge in [0.1, 0.15) is 12.4 Å². The fourth-order valence-corrected chi connectivity index (χ4v) is 2.81. The van der Waals surface area contributed by atoms with Crippen LogP contribution in [0.2, 0.25) is 0 Å². The van der Waals surface area contributed by atoms with Gasteiger partial charge in [-0.3, -0.25) is 14.9 Å². The van der Waals surface area contributed by atoms with Crippen molar-refractivity contribution in [3.05, 3.63) is 104 Å². The standard InChI is InChI=1S/C21H16BrN3O4/c22-17-8-11-20(29-14-16-4-2-1-3-5-16)19(12-17)21(26)24-23-13-15-6-9-18(10-7-15)25(27)28/h1-13H,14H2,(H,24,26). The highest BCUT2D eigenvalue weighted by Gasteiger charge is 2.13. The molecule has 3 rings (SSSR count). The highest BCUT2D eigenvalue weighted by atomic mass is 79.9. The first-order chi connectivity index (χ1) is 14.0. The van der Waals surface area contributed by atoms with Gasteiger partial charge in [0.2, 0.25) is 0 Å². The molecule has 0 fully saturated rings. The molecule has 0 aliphatic heterocycles. The van der Waals surface area contributed by atoms with Crippen molar-refractivity contribution in [2.24, 2.45) is 5.10 Å². The van der Waals surface area contributed by atoms with Crippen LogP contribution in [-0.2, 0) is 6.61 Å². The highest BCUT2D eigenvalue weighted by molar-refractivity contribution is 9.10. The zero-order chi connectivity index (χ0) is 20.6. The van der Waals surface area contributed by atoms with E-state index in [9.17, 15) is 14.9 Å². The molecule has 0 bridgehead atoms. The molecule has 1 amide bonds. The predicted molar refractivity (Wildman–Crippen MR) is 113 cm³/mol. The maximum absolute atomic E-state index is 12.5. The van der Waals surface area contributed by atoms with Gasteiger partial charge in [-0.2, -0.15) is 5.10 Å². The van der Waals surface area contributed by atoms with Gasteiger partial charge in [-0.05, 0) is 41.5 Å². The van der Waals surface area contributed by atoms with Crippen LogP contribution in [0.15, 0.2) is 82.4 Å². The van der Waals surface area contributed by atoms with E-state index in [1.165, 1.54) is 18.3 Å². The van der Waals surface area contributed by atoms with Crippen LogP contribution >= 0.6 is 15.9 Å². The molecule has 0 heterocycles. The second kappa shape index (κ2) is 9.61. The number of nitrogens with zero attached hydrogens (tertiary/aromatic N) is 2. The maximum atomic E-state index is 12.5. The second-order valence-electron chi connectivity index (χ2n) is 5.96. The third-order valence-electron chi connectivity index (χ3n) is 3.91. The van der Waals surface area contributed by atoms with Crippen LogP contribution in [0.3, 0.4) is 0 Å². The first-order valence-electron chi connectivity index (χ1n) is 8.57. The number of hydrazone groups is 1. The first-order valence-corrected chi connectivity index (χ1v) is 9.36. The summed E-state index contributed by atoms with van der Waals surface area (Å²) in [6.07, 6.45) is 1.41. The predicted octanol–water partition coefficient (Wildman–Crippen LogP) is 4.70. The Kier molecular flexibility index (Phi) is 6.70. The van der Waals surface area contributed by atoms with Gasteiger partial charge >= 0.3 is 0 Å². The summed E-state index contributed by atoms with van der Waals surface area (Å²) in [5.41, 5.74) is 4.36. The van der Waals surface area contributed by atoms with Crippen LogP contribution < -0.4 is 10.2 Å². The van der Waals surface area contributed by atoms with Gasteiger partial charge in [-0.25, -0.2) is 5.43 Å². The fourth-order valence-electron chi connectivity index (χ4n) is 2.45. The Morgan fingerprint density at radius 2 is 1.83 bits per heavy atom. The van der Waals surface area contributed by atoms with E-state index in [0.29, 0.717) is 23.5 Å². The van der Waals surface area contributed by atoms with Gasteiger partial charge in [-0.1, -0.05) is 46.3 Å². The van der Waals surface area contributed by atoms with Gasteiger partial charge in [0, 0.05) is 16.6 Å². The number of carbonyl (C=O) groups excluding carboxylic acids is 1. The average Bonchev–Trinajstić information content (AvgIpc) is 2.74. The van der Waals surface area contributed by atoms with Crippen LogP contribution in [0.4, 0.5) is 5.69 Å². The fraction of sp³-hybridized carbons (Fsp3) is 0.0476. The molecular weight excluding hydrogens is 438 g/mol. The Bertz CT molecular complexity index is 1040. The number of hydrogen-bond donors (Lipinski definition) is 1. The summed E-state index contributed by atoms with van der Waals surface area (Å²) >= 11 is 3.35. The smallest absolute Gasteiger partial charge is 0.275 e. The summed E-state index contributed by atoms with van der Waals surface area (Å²) in [6.45, 7) is 0.328. The molecule has 0 aliphatic rings. The third kappa shape index (κ3) is 5.73. The van der Waals surface area contributed by atoms with Gasteiger partial charge < -0.3 is 4.74 Å². The van der Waals surface area contributed by atoms with E-state index in [1.807, 2.05) is 30.3 Å². The van der Waals surface area contributed by atoms with E-state index in [-0.39, 0.29) is 5.69 Å². The zero-order valence-corrected chi connectivity index (χ0v) is 16.7. The van der Waals surface area contributed by atoms with Crippen molar-refractivity contribution >= 4 is 33.7 Å². The molecule has 0 unspecified atom stereocenters. The summed E-state index contributed by atoms with van der Waals surface area (Å²) in [5.74, 6) is -0.00684. The number of nitro groups is 1. The number of non-ortho nitro benzene ring substituents is 1. The molecule has 29 heavy (non-hydrogen) atoms. The molecule has 7 nitrogen and oxygen atoms in total. The SMILES string of the molecule is O=C(NN=Cc1ccc([N+](=O)[O-])cc1)c1cc(Br)ccc1OCc1ccccc1. The summed E-state index contributed by atoms with van der Waals surface area (Å²) in [4.78, 5) is 22.7. The molecule has 3 aromatic rings. The minimum atomic E-state index is -0.479. The van der Waals surface area contributed by atoms with Gasteiger partial charge in [-0.15, -0.1) is 0 Å². The summed E-state index contributed by atoms with van der Waals surface area (Å²) < 4.78 is 6.53. The van der Waals surface area contributed by atoms with Crippen LogP contribution in [-0.4, -0.2) is 17.0 Å². The lowest BCUT2D eigenvalue weighted by Gasteiger charge is -2.11. The molecule has 0 atom stereocenters. The molecule has 0 saturated heterocycles. The quantitative estimate of drug-likeness (QED) is 0.318. The number of rotatable bonds is 7. The van der Waals surface area contributed by atoms with Crippen molar-refractivity contribution < 1.29 is 14.5 Å². The van der Waals surface area contributed by atoms with Crippen molar-refractivity contribution in [3.8, 4) is 5.75 Å². The van der Waals surface area contributed by atoms with Crippen molar-refractivity contribution in [2.45, 2.75) is 6.61 Å². The molecule has 0 aromatic heterocycles. The molecule has 1 N–H and O–H groups in total. The normalized spacial score (nSPS) is 10.7. The molecule has 3 aromatic carbocycles. The number of carbonyl (C=O) groups is 1. The molecule has 146 valence electrons. The van der Waals surface area contributed by atoms with E-state index in [0.717, 1.165) is 10.0 Å². The summed E-state index contributed by atoms with van der Waals surface area (Å²) in [5, 5.41) is 14.6. The van der Waals surface area contributed by atoms with Crippen LogP contribution in [0, 0.1) is 10.1 Å². The number of benzene rings is 3. The lowest BCUT2D eigenvalue weighted by Crippen LogP contribution is -2.18. The molecule has 8 heteroatoms. The van der Waals surface area contributed by atoms with Crippen LogP contribution in [0.1, 0.15) is 21.5 Å². The Morgan fingerprint density at radius 1 is 1.10 bits per heavy atom. The van der Waals surface area contributed by atoms with E-state index < -0.39 is 10.8 Å². The number of ether oxygens (including phenoxy) is 1. The lowest BCUT2D eigenvalue weighted by atomic mass is 10.2. The Hall–Kier alpha value is -3.52. The molecule has 0 saturated carbocycles. The van der Waals surface area contributed by atoms with Crippen LogP contribution in [0.5, 0.6) is 5.75 Å². The highest BCUT2D eigenvalue weighted by Crippen LogP contribution is 2.24. The maximum Gasteiger partial charge on any atom is 0.275 e. The topological polar surface area (TPSA) is 93.8 Å². The number of halogens is 1. The minimum Gasteiger partial charge on any atom is -0.488 e. The monoisotopic (exact) mass is 453 g/mol. The minimum absolute atomic E-state index is 0.0134. The van der Waals surface area contributed by atoms with E-state index in [4.69, 9.17) is 4.74 Å². The number of amides is 1.